The Morgan fingerprint density at radius 1 is 1.47 bits per heavy atom. The summed E-state index contributed by atoms with van der Waals surface area (Å²) < 4.78 is 0.921. The van der Waals surface area contributed by atoms with Crippen molar-refractivity contribution < 1.29 is 0 Å². The molecule has 2 atom stereocenters. The third-order valence-electron chi connectivity index (χ3n) is 4.06. The maximum atomic E-state index is 5.40. The zero-order valence-corrected chi connectivity index (χ0v) is 12.6. The van der Waals surface area contributed by atoms with Gasteiger partial charge in [0.2, 0.25) is 5.95 Å². The maximum Gasteiger partial charge on any atom is 0.239 e. The summed E-state index contributed by atoms with van der Waals surface area (Å²) >= 11 is 3.55. The molecule has 2 unspecified atom stereocenters. The van der Waals surface area contributed by atoms with E-state index in [9.17, 15) is 0 Å². The van der Waals surface area contributed by atoms with Gasteiger partial charge in [-0.3, -0.25) is 10.3 Å². The van der Waals surface area contributed by atoms with Gasteiger partial charge in [-0.1, -0.05) is 0 Å². The van der Waals surface area contributed by atoms with Crippen molar-refractivity contribution in [2.24, 2.45) is 5.84 Å². The predicted octanol–water partition coefficient (Wildman–Crippen LogP) is 1.20. The van der Waals surface area contributed by atoms with Gasteiger partial charge in [0.05, 0.1) is 4.47 Å². The third kappa shape index (κ3) is 2.42. The highest BCUT2D eigenvalue weighted by Gasteiger charge is 2.35. The Morgan fingerprint density at radius 3 is 3.11 bits per heavy atom. The molecule has 0 spiro atoms. The molecular formula is C12H19BrN6. The minimum absolute atomic E-state index is 0.450. The lowest BCUT2D eigenvalue weighted by molar-refractivity contribution is 0.202. The molecule has 2 aliphatic heterocycles. The summed E-state index contributed by atoms with van der Waals surface area (Å²) in [5.74, 6) is 6.79. The van der Waals surface area contributed by atoms with Crippen LogP contribution in [0.2, 0.25) is 0 Å². The first-order chi connectivity index (χ1) is 9.19. The van der Waals surface area contributed by atoms with E-state index in [1.807, 2.05) is 0 Å². The van der Waals surface area contributed by atoms with E-state index in [0.29, 0.717) is 18.0 Å². The molecule has 6 nitrogen and oxygen atoms in total. The summed E-state index contributed by atoms with van der Waals surface area (Å²) in [6.45, 7) is 5.62. The average Bonchev–Trinajstić information content (AvgIpc) is 2.85. The Labute approximate surface area is 121 Å². The van der Waals surface area contributed by atoms with Crippen molar-refractivity contribution in [1.82, 2.24) is 14.9 Å². The van der Waals surface area contributed by atoms with E-state index in [1.165, 1.54) is 19.4 Å². The molecule has 0 aromatic carbocycles. The largest absolute Gasteiger partial charge is 0.350 e. The highest BCUT2D eigenvalue weighted by Crippen LogP contribution is 2.31. The second-order valence-corrected chi connectivity index (χ2v) is 6.16. The molecule has 0 radical (unpaired) electrons. The molecule has 3 heterocycles. The highest BCUT2D eigenvalue weighted by atomic mass is 79.9. The number of nitrogens with two attached hydrogens (primary N) is 1. The van der Waals surface area contributed by atoms with Gasteiger partial charge in [-0.05, 0) is 42.2 Å². The quantitative estimate of drug-likeness (QED) is 0.628. The fourth-order valence-electron chi connectivity index (χ4n) is 3.11. The molecule has 7 heteroatoms. The number of nitrogens with zero attached hydrogens (tertiary/aromatic N) is 4. The number of piperazine rings is 1. The van der Waals surface area contributed by atoms with E-state index in [2.05, 4.69) is 48.0 Å². The van der Waals surface area contributed by atoms with Gasteiger partial charge in [0.1, 0.15) is 5.82 Å². The van der Waals surface area contributed by atoms with Crippen LogP contribution < -0.4 is 16.2 Å². The van der Waals surface area contributed by atoms with E-state index in [-0.39, 0.29) is 0 Å². The second kappa shape index (κ2) is 5.22. The summed E-state index contributed by atoms with van der Waals surface area (Å²) in [7, 11) is 0. The molecule has 104 valence electrons. The van der Waals surface area contributed by atoms with Crippen molar-refractivity contribution in [3.8, 4) is 0 Å². The molecule has 1 aromatic rings. The van der Waals surface area contributed by atoms with Crippen LogP contribution in [0.5, 0.6) is 0 Å². The number of halogens is 1. The van der Waals surface area contributed by atoms with Gasteiger partial charge in [0, 0.05) is 31.4 Å². The number of hydrogen-bond acceptors (Lipinski definition) is 6. The smallest absolute Gasteiger partial charge is 0.239 e. The number of rotatable bonds is 2. The number of hydrazine groups is 1. The van der Waals surface area contributed by atoms with Crippen LogP contribution in [-0.4, -0.2) is 46.6 Å². The van der Waals surface area contributed by atoms with Crippen LogP contribution >= 0.6 is 15.9 Å². The van der Waals surface area contributed by atoms with Crippen LogP contribution in [0.4, 0.5) is 11.8 Å². The van der Waals surface area contributed by atoms with Crippen LogP contribution in [0.3, 0.4) is 0 Å². The van der Waals surface area contributed by atoms with Crippen molar-refractivity contribution in [3.63, 3.8) is 0 Å². The van der Waals surface area contributed by atoms with E-state index in [1.54, 1.807) is 6.20 Å². The molecule has 1 aromatic heterocycles. The summed E-state index contributed by atoms with van der Waals surface area (Å²) in [5, 5.41) is 0. The van der Waals surface area contributed by atoms with E-state index in [4.69, 9.17) is 5.84 Å². The van der Waals surface area contributed by atoms with E-state index < -0.39 is 0 Å². The summed E-state index contributed by atoms with van der Waals surface area (Å²) in [6, 6.07) is 1.11. The maximum absolute atomic E-state index is 5.40. The molecule has 0 saturated carbocycles. The van der Waals surface area contributed by atoms with E-state index >= 15 is 0 Å². The van der Waals surface area contributed by atoms with Gasteiger partial charge in [0.15, 0.2) is 0 Å². The van der Waals surface area contributed by atoms with Gasteiger partial charge in [-0.2, -0.15) is 4.98 Å². The minimum Gasteiger partial charge on any atom is -0.350 e. The van der Waals surface area contributed by atoms with Crippen LogP contribution in [0.15, 0.2) is 10.7 Å². The lowest BCUT2D eigenvalue weighted by Gasteiger charge is -2.43. The highest BCUT2D eigenvalue weighted by molar-refractivity contribution is 9.10. The van der Waals surface area contributed by atoms with Gasteiger partial charge in [-0.15, -0.1) is 0 Å². The fraction of sp³-hybridized carbons (Fsp3) is 0.667. The topological polar surface area (TPSA) is 70.3 Å². The summed E-state index contributed by atoms with van der Waals surface area (Å²) in [4.78, 5) is 13.6. The Hall–Kier alpha value is -0.920. The van der Waals surface area contributed by atoms with Crippen molar-refractivity contribution >= 4 is 27.7 Å². The zero-order chi connectivity index (χ0) is 13.4. The Morgan fingerprint density at radius 2 is 2.32 bits per heavy atom. The molecule has 2 saturated heterocycles. The SMILES string of the molecule is CC1CN2CCCC2CN1c1nc(NN)ncc1Br. The molecule has 2 fully saturated rings. The monoisotopic (exact) mass is 326 g/mol. The molecule has 3 rings (SSSR count). The zero-order valence-electron chi connectivity index (χ0n) is 11.0. The van der Waals surface area contributed by atoms with Gasteiger partial charge in [0.25, 0.3) is 0 Å². The van der Waals surface area contributed by atoms with Crippen molar-refractivity contribution in [2.75, 3.05) is 30.0 Å². The van der Waals surface area contributed by atoms with Crippen molar-refractivity contribution in [2.45, 2.75) is 31.8 Å². The third-order valence-corrected chi connectivity index (χ3v) is 4.62. The van der Waals surface area contributed by atoms with E-state index in [0.717, 1.165) is 23.4 Å². The van der Waals surface area contributed by atoms with Crippen LogP contribution in [0.1, 0.15) is 19.8 Å². The Kier molecular flexibility index (Phi) is 3.60. The Bertz CT molecular complexity index is 468. The number of aromatic nitrogens is 2. The van der Waals surface area contributed by atoms with Crippen LogP contribution in [0.25, 0.3) is 0 Å². The Balaban J connectivity index is 1.88. The molecule has 0 aliphatic carbocycles. The molecular weight excluding hydrogens is 308 g/mol. The van der Waals surface area contributed by atoms with Crippen molar-refractivity contribution in [3.05, 3.63) is 10.7 Å². The standard InChI is InChI=1S/C12H19BrN6/c1-8-6-18-4-2-3-9(18)7-19(8)11-10(13)5-15-12(16-11)17-14/h5,8-9H,2-4,6-7,14H2,1H3,(H,15,16,17). The van der Waals surface area contributed by atoms with Crippen molar-refractivity contribution in [1.29, 1.82) is 0 Å². The second-order valence-electron chi connectivity index (χ2n) is 5.30. The summed E-state index contributed by atoms with van der Waals surface area (Å²) in [6.07, 6.45) is 4.35. The molecule has 2 aliphatic rings. The first-order valence-corrected chi connectivity index (χ1v) is 7.48. The molecule has 19 heavy (non-hydrogen) atoms. The molecule has 0 amide bonds. The normalized spacial score (nSPS) is 27.4. The van der Waals surface area contributed by atoms with Gasteiger partial charge < -0.3 is 4.90 Å². The average molecular weight is 327 g/mol. The number of fused-ring (bicyclic) bond motifs is 1. The number of hydrogen-bond donors (Lipinski definition) is 2. The van der Waals surface area contributed by atoms with Gasteiger partial charge in [-0.25, -0.2) is 10.8 Å². The summed E-state index contributed by atoms with van der Waals surface area (Å²) in [5.41, 5.74) is 2.51. The molecule has 3 N–H and O–H groups in total. The fourth-order valence-corrected chi connectivity index (χ4v) is 3.53. The number of anilines is 2. The first kappa shape index (κ1) is 13.1. The van der Waals surface area contributed by atoms with Crippen LogP contribution in [-0.2, 0) is 0 Å². The lowest BCUT2D eigenvalue weighted by atomic mass is 10.1. The van der Waals surface area contributed by atoms with Gasteiger partial charge >= 0.3 is 0 Å². The van der Waals surface area contributed by atoms with Crippen LogP contribution in [0, 0.1) is 0 Å². The first-order valence-electron chi connectivity index (χ1n) is 6.69. The lowest BCUT2D eigenvalue weighted by Crippen LogP contribution is -2.55. The predicted molar refractivity (Wildman–Crippen MR) is 78.9 cm³/mol. The number of nitrogens with one attached hydrogen (secondary N) is 1. The number of nitrogen functional groups attached to an aromatic ring is 1. The molecule has 0 bridgehead atoms. The minimum atomic E-state index is 0.450.